The molecule has 1 nitrogen and oxygen atoms in total. The Kier molecular flexibility index (Phi) is 2.51. The fourth-order valence-electron chi connectivity index (χ4n) is 1.23. The minimum absolute atomic E-state index is 0.757. The van der Waals surface area contributed by atoms with Crippen LogP contribution in [0.4, 0.5) is 0 Å². The molecular weight excluding hydrogens is 249 g/mol. The van der Waals surface area contributed by atoms with Crippen molar-refractivity contribution >= 4 is 38.4 Å². The summed E-state index contributed by atoms with van der Waals surface area (Å²) in [5.74, 6) is 0. The number of hydrogen-bond donors (Lipinski definition) is 0. The van der Waals surface area contributed by atoms with E-state index in [9.17, 15) is 0 Å². The van der Waals surface area contributed by atoms with Gasteiger partial charge in [0.1, 0.15) is 0 Å². The van der Waals surface area contributed by atoms with Crippen molar-refractivity contribution in [1.82, 2.24) is 4.98 Å². The molecule has 66 valence electrons. The fourth-order valence-corrected chi connectivity index (χ4v) is 1.76. The molecule has 1 aromatic carbocycles. The van der Waals surface area contributed by atoms with Crippen LogP contribution < -0.4 is 0 Å². The van der Waals surface area contributed by atoms with Gasteiger partial charge in [-0.2, -0.15) is 0 Å². The second-order valence-corrected chi connectivity index (χ2v) is 3.75. The summed E-state index contributed by atoms with van der Waals surface area (Å²) in [5.41, 5.74) is 2.08. The lowest BCUT2D eigenvalue weighted by atomic mass is 10.2. The zero-order valence-electron chi connectivity index (χ0n) is 6.80. The lowest BCUT2D eigenvalue weighted by Gasteiger charge is -2.00. The van der Waals surface area contributed by atoms with Gasteiger partial charge in [-0.25, -0.2) is 0 Å². The van der Waals surface area contributed by atoms with Crippen molar-refractivity contribution in [2.75, 3.05) is 0 Å². The maximum atomic E-state index is 6.03. The molecule has 0 radical (unpaired) electrons. The Labute approximate surface area is 89.9 Å². The average molecular weight is 257 g/mol. The molecule has 0 aliphatic rings. The highest BCUT2D eigenvalue weighted by molar-refractivity contribution is 9.08. The molecule has 0 unspecified atom stereocenters. The lowest BCUT2D eigenvalue weighted by molar-refractivity contribution is 1.32. The lowest BCUT2D eigenvalue weighted by Crippen LogP contribution is -1.83. The average Bonchev–Trinajstić information content (AvgIpc) is 2.18. The van der Waals surface area contributed by atoms with Crippen LogP contribution in [0.2, 0.25) is 5.02 Å². The number of rotatable bonds is 1. The van der Waals surface area contributed by atoms with Crippen LogP contribution in [0.25, 0.3) is 10.9 Å². The highest BCUT2D eigenvalue weighted by atomic mass is 79.9. The number of aromatic nitrogens is 1. The number of hydrogen-bond acceptors (Lipinski definition) is 1. The first-order valence-corrected chi connectivity index (χ1v) is 5.40. The third-order valence-corrected chi connectivity index (χ3v) is 2.86. The Morgan fingerprint density at radius 1 is 1.38 bits per heavy atom. The van der Waals surface area contributed by atoms with Crippen LogP contribution in [0.15, 0.2) is 30.5 Å². The zero-order chi connectivity index (χ0) is 9.26. The Morgan fingerprint density at radius 2 is 2.23 bits per heavy atom. The van der Waals surface area contributed by atoms with Crippen LogP contribution in [-0.2, 0) is 5.33 Å². The maximum Gasteiger partial charge on any atom is 0.0717 e. The molecule has 2 aromatic rings. The van der Waals surface area contributed by atoms with Crippen LogP contribution in [0.5, 0.6) is 0 Å². The Hall–Kier alpha value is -0.600. The van der Waals surface area contributed by atoms with Crippen molar-refractivity contribution in [3.8, 4) is 0 Å². The van der Waals surface area contributed by atoms with Gasteiger partial charge in [0.25, 0.3) is 0 Å². The van der Waals surface area contributed by atoms with Gasteiger partial charge in [0.2, 0.25) is 0 Å². The molecule has 0 bridgehead atoms. The monoisotopic (exact) mass is 255 g/mol. The second-order valence-electron chi connectivity index (χ2n) is 2.78. The molecule has 1 aromatic heterocycles. The minimum Gasteiger partial charge on any atom is -0.256 e. The van der Waals surface area contributed by atoms with E-state index in [1.54, 1.807) is 0 Å². The van der Waals surface area contributed by atoms with Crippen molar-refractivity contribution in [3.63, 3.8) is 0 Å². The molecule has 0 fully saturated rings. The molecule has 0 amide bonds. The van der Waals surface area contributed by atoms with Crippen LogP contribution in [-0.4, -0.2) is 4.98 Å². The van der Waals surface area contributed by atoms with Gasteiger partial charge < -0.3 is 0 Å². The van der Waals surface area contributed by atoms with Crippen molar-refractivity contribution in [2.24, 2.45) is 0 Å². The first-order chi connectivity index (χ1) is 6.31. The molecule has 0 atom stereocenters. The topological polar surface area (TPSA) is 12.9 Å². The maximum absolute atomic E-state index is 6.03. The number of alkyl halides is 1. The molecular formula is C10H7BrClN. The van der Waals surface area contributed by atoms with E-state index in [1.807, 2.05) is 24.4 Å². The van der Waals surface area contributed by atoms with E-state index in [-0.39, 0.29) is 0 Å². The van der Waals surface area contributed by atoms with E-state index in [2.05, 4.69) is 27.0 Å². The molecule has 0 spiro atoms. The largest absolute Gasteiger partial charge is 0.256 e. The van der Waals surface area contributed by atoms with E-state index >= 15 is 0 Å². The van der Waals surface area contributed by atoms with Gasteiger partial charge in [0, 0.05) is 21.9 Å². The second kappa shape index (κ2) is 3.64. The standard InChI is InChI=1S/C10H7BrClN/c11-5-7-4-8-9(12)2-1-3-10(8)13-6-7/h1-4,6H,5H2. The van der Waals surface area contributed by atoms with E-state index in [0.717, 1.165) is 26.8 Å². The third-order valence-electron chi connectivity index (χ3n) is 1.88. The van der Waals surface area contributed by atoms with Gasteiger partial charge in [-0.05, 0) is 23.8 Å². The first kappa shape index (κ1) is 8.97. The van der Waals surface area contributed by atoms with Gasteiger partial charge in [0.15, 0.2) is 0 Å². The van der Waals surface area contributed by atoms with Crippen molar-refractivity contribution in [3.05, 3.63) is 41.0 Å². The zero-order valence-corrected chi connectivity index (χ0v) is 9.14. The molecule has 13 heavy (non-hydrogen) atoms. The van der Waals surface area contributed by atoms with Crippen molar-refractivity contribution in [2.45, 2.75) is 5.33 Å². The quantitative estimate of drug-likeness (QED) is 0.708. The third kappa shape index (κ3) is 1.69. The van der Waals surface area contributed by atoms with Gasteiger partial charge in [-0.3, -0.25) is 4.98 Å². The van der Waals surface area contributed by atoms with Crippen molar-refractivity contribution < 1.29 is 0 Å². The molecule has 0 aliphatic carbocycles. The summed E-state index contributed by atoms with van der Waals surface area (Å²) in [7, 11) is 0. The summed E-state index contributed by atoms with van der Waals surface area (Å²) in [4.78, 5) is 4.30. The summed E-state index contributed by atoms with van der Waals surface area (Å²) in [6.45, 7) is 0. The molecule has 3 heteroatoms. The SMILES string of the molecule is Clc1cccc2ncc(CBr)cc12. The molecule has 1 heterocycles. The normalized spacial score (nSPS) is 10.6. The predicted molar refractivity (Wildman–Crippen MR) is 59.4 cm³/mol. The molecule has 0 aliphatic heterocycles. The summed E-state index contributed by atoms with van der Waals surface area (Å²) in [6.07, 6.45) is 1.85. The number of pyridine rings is 1. The summed E-state index contributed by atoms with van der Waals surface area (Å²) >= 11 is 9.42. The molecule has 0 saturated carbocycles. The van der Waals surface area contributed by atoms with Gasteiger partial charge in [-0.15, -0.1) is 0 Å². The Bertz CT molecular complexity index is 442. The molecule has 2 rings (SSSR count). The smallest absolute Gasteiger partial charge is 0.0717 e. The highest BCUT2D eigenvalue weighted by Gasteiger charge is 1.99. The molecule has 0 saturated heterocycles. The minimum atomic E-state index is 0.757. The van der Waals surface area contributed by atoms with Crippen LogP contribution in [0.3, 0.4) is 0 Å². The van der Waals surface area contributed by atoms with E-state index < -0.39 is 0 Å². The van der Waals surface area contributed by atoms with E-state index in [4.69, 9.17) is 11.6 Å². The molecule has 0 N–H and O–H groups in total. The van der Waals surface area contributed by atoms with Crippen LogP contribution >= 0.6 is 27.5 Å². The predicted octanol–water partition coefficient (Wildman–Crippen LogP) is 3.78. The number of benzene rings is 1. The number of fused-ring (bicyclic) bond motifs is 1. The summed E-state index contributed by atoms with van der Waals surface area (Å²) in [6, 6.07) is 7.80. The van der Waals surface area contributed by atoms with Gasteiger partial charge >= 0.3 is 0 Å². The summed E-state index contributed by atoms with van der Waals surface area (Å²) < 4.78 is 0. The Morgan fingerprint density at radius 3 is 3.00 bits per heavy atom. The van der Waals surface area contributed by atoms with Gasteiger partial charge in [-0.1, -0.05) is 33.6 Å². The Balaban J connectivity index is 2.74. The fraction of sp³-hybridized carbons (Fsp3) is 0.100. The highest BCUT2D eigenvalue weighted by Crippen LogP contribution is 2.22. The van der Waals surface area contributed by atoms with Crippen LogP contribution in [0.1, 0.15) is 5.56 Å². The number of halogens is 2. The number of nitrogens with zero attached hydrogens (tertiary/aromatic N) is 1. The first-order valence-electron chi connectivity index (χ1n) is 3.90. The van der Waals surface area contributed by atoms with E-state index in [1.165, 1.54) is 0 Å². The summed E-state index contributed by atoms with van der Waals surface area (Å²) in [5, 5.41) is 2.58. The van der Waals surface area contributed by atoms with E-state index in [0.29, 0.717) is 0 Å². The van der Waals surface area contributed by atoms with Crippen LogP contribution in [0, 0.1) is 0 Å². The van der Waals surface area contributed by atoms with Crippen molar-refractivity contribution in [1.29, 1.82) is 0 Å². The van der Waals surface area contributed by atoms with Gasteiger partial charge in [0.05, 0.1) is 5.52 Å².